The fourth-order valence-electron chi connectivity index (χ4n) is 1.31. The second-order valence-electron chi connectivity index (χ2n) is 3.52. The average Bonchev–Trinajstić information content (AvgIpc) is 2.87. The molecule has 0 fully saturated rings. The summed E-state index contributed by atoms with van der Waals surface area (Å²) >= 11 is 6.99. The molecule has 0 aromatic carbocycles. The lowest BCUT2D eigenvalue weighted by Gasteiger charge is -2.04. The van der Waals surface area contributed by atoms with Crippen molar-refractivity contribution in [2.75, 3.05) is 19.0 Å². The minimum atomic E-state index is -1.03. The molecular formula is C10H10ClN5O3S. The molecule has 2 heterocycles. The maximum absolute atomic E-state index is 10.7. The molecule has 0 aliphatic heterocycles. The highest BCUT2D eigenvalue weighted by Gasteiger charge is 2.09. The van der Waals surface area contributed by atoms with Crippen LogP contribution in [0.5, 0.6) is 6.01 Å². The summed E-state index contributed by atoms with van der Waals surface area (Å²) in [5.41, 5.74) is 0.0508. The molecule has 0 spiro atoms. The zero-order chi connectivity index (χ0) is 14.5. The van der Waals surface area contributed by atoms with E-state index in [1.807, 2.05) is 0 Å². The summed E-state index contributed by atoms with van der Waals surface area (Å²) in [6.45, 7) is 0.482. The molecule has 2 aromatic rings. The maximum Gasteiger partial charge on any atom is 0.355 e. The number of halogens is 1. The summed E-state index contributed by atoms with van der Waals surface area (Å²) in [7, 11) is 1.43. The Morgan fingerprint density at radius 2 is 2.25 bits per heavy atom. The van der Waals surface area contributed by atoms with Crippen molar-refractivity contribution >= 4 is 34.9 Å². The topological polar surface area (TPSA) is 110 Å². The van der Waals surface area contributed by atoms with Crippen LogP contribution in [-0.2, 0) is 6.42 Å². The van der Waals surface area contributed by atoms with Gasteiger partial charge in [0.25, 0.3) is 0 Å². The van der Waals surface area contributed by atoms with Crippen molar-refractivity contribution in [1.82, 2.24) is 19.9 Å². The highest BCUT2D eigenvalue weighted by atomic mass is 35.5. The number of thiazole rings is 1. The smallest absolute Gasteiger partial charge is 0.355 e. The lowest BCUT2D eigenvalue weighted by atomic mass is 10.4. The lowest BCUT2D eigenvalue weighted by Crippen LogP contribution is -2.09. The second-order valence-corrected chi connectivity index (χ2v) is 4.80. The third-order valence-electron chi connectivity index (χ3n) is 2.16. The van der Waals surface area contributed by atoms with E-state index >= 15 is 0 Å². The molecule has 0 bridgehead atoms. The van der Waals surface area contributed by atoms with Crippen molar-refractivity contribution in [1.29, 1.82) is 0 Å². The van der Waals surface area contributed by atoms with Crippen LogP contribution in [0.1, 0.15) is 15.5 Å². The van der Waals surface area contributed by atoms with Gasteiger partial charge >= 0.3 is 12.0 Å². The zero-order valence-corrected chi connectivity index (χ0v) is 11.9. The van der Waals surface area contributed by atoms with Crippen LogP contribution in [0.25, 0.3) is 0 Å². The van der Waals surface area contributed by atoms with E-state index in [1.165, 1.54) is 23.8 Å². The number of aromatic nitrogens is 4. The molecule has 0 atom stereocenters. The van der Waals surface area contributed by atoms with Crippen molar-refractivity contribution < 1.29 is 14.6 Å². The number of carboxylic acids is 1. The number of nitrogens with zero attached hydrogens (tertiary/aromatic N) is 4. The first kappa shape index (κ1) is 14.4. The summed E-state index contributed by atoms with van der Waals surface area (Å²) in [6.07, 6.45) is 0.545. The van der Waals surface area contributed by atoms with E-state index in [9.17, 15) is 4.79 Å². The molecule has 0 saturated heterocycles. The molecule has 2 N–H and O–H groups in total. The summed E-state index contributed by atoms with van der Waals surface area (Å²) < 4.78 is 4.87. The Morgan fingerprint density at radius 3 is 2.90 bits per heavy atom. The van der Waals surface area contributed by atoms with Gasteiger partial charge < -0.3 is 15.2 Å². The van der Waals surface area contributed by atoms with Crippen LogP contribution >= 0.6 is 22.9 Å². The molecule has 0 amide bonds. The van der Waals surface area contributed by atoms with Crippen LogP contribution in [0.4, 0.5) is 5.95 Å². The summed E-state index contributed by atoms with van der Waals surface area (Å²) in [5.74, 6) is -0.744. The summed E-state index contributed by atoms with van der Waals surface area (Å²) in [5, 5.41) is 13.9. The Morgan fingerprint density at radius 1 is 1.45 bits per heavy atom. The maximum atomic E-state index is 10.7. The third-order valence-corrected chi connectivity index (χ3v) is 3.24. The van der Waals surface area contributed by atoms with Gasteiger partial charge in [-0.25, -0.2) is 9.78 Å². The Kier molecular flexibility index (Phi) is 4.64. The Balaban J connectivity index is 1.92. The van der Waals surface area contributed by atoms with E-state index in [0.29, 0.717) is 18.0 Å². The van der Waals surface area contributed by atoms with E-state index in [2.05, 4.69) is 25.3 Å². The fraction of sp³-hybridized carbons (Fsp3) is 0.300. The first-order chi connectivity index (χ1) is 9.58. The van der Waals surface area contributed by atoms with Crippen LogP contribution < -0.4 is 10.1 Å². The van der Waals surface area contributed by atoms with Crippen molar-refractivity contribution in [3.63, 3.8) is 0 Å². The largest absolute Gasteiger partial charge is 0.476 e. The normalized spacial score (nSPS) is 10.3. The molecular weight excluding hydrogens is 306 g/mol. The predicted molar refractivity (Wildman–Crippen MR) is 72.7 cm³/mol. The molecule has 8 nitrogen and oxygen atoms in total. The van der Waals surface area contributed by atoms with Crippen LogP contribution in [0, 0.1) is 0 Å². The van der Waals surface area contributed by atoms with Gasteiger partial charge in [-0.3, -0.25) is 0 Å². The molecule has 0 radical (unpaired) electrons. The quantitative estimate of drug-likeness (QED) is 0.821. The van der Waals surface area contributed by atoms with E-state index in [4.69, 9.17) is 21.4 Å². The number of nitrogens with one attached hydrogen (secondary N) is 1. The summed E-state index contributed by atoms with van der Waals surface area (Å²) in [4.78, 5) is 26.3. The molecule has 0 aliphatic rings. The Bertz CT molecular complexity index is 621. The molecule has 2 rings (SSSR count). The average molecular weight is 316 g/mol. The second kappa shape index (κ2) is 6.44. The van der Waals surface area contributed by atoms with Gasteiger partial charge in [0, 0.05) is 18.3 Å². The van der Waals surface area contributed by atoms with Gasteiger partial charge in [-0.2, -0.15) is 15.0 Å². The minimum absolute atomic E-state index is 0.0294. The van der Waals surface area contributed by atoms with Gasteiger partial charge in [-0.15, -0.1) is 11.3 Å². The van der Waals surface area contributed by atoms with Crippen LogP contribution in [0.2, 0.25) is 5.28 Å². The number of anilines is 1. The number of methoxy groups -OCH3 is 1. The monoisotopic (exact) mass is 315 g/mol. The van der Waals surface area contributed by atoms with Gasteiger partial charge in [-0.1, -0.05) is 0 Å². The van der Waals surface area contributed by atoms with Crippen molar-refractivity contribution in [2.24, 2.45) is 0 Å². The highest BCUT2D eigenvalue weighted by molar-refractivity contribution is 7.09. The number of hydrogen-bond acceptors (Lipinski definition) is 8. The number of hydrogen-bond donors (Lipinski definition) is 2. The number of ether oxygens (including phenoxy) is 1. The first-order valence-electron chi connectivity index (χ1n) is 5.45. The molecule has 106 valence electrons. The van der Waals surface area contributed by atoms with Gasteiger partial charge in [0.15, 0.2) is 5.69 Å². The predicted octanol–water partition coefficient (Wildman–Crippen LogP) is 1.34. The molecule has 0 aliphatic carbocycles. The van der Waals surface area contributed by atoms with E-state index < -0.39 is 5.97 Å². The molecule has 2 aromatic heterocycles. The zero-order valence-electron chi connectivity index (χ0n) is 10.3. The third kappa shape index (κ3) is 3.75. The van der Waals surface area contributed by atoms with Gasteiger partial charge in [0.1, 0.15) is 0 Å². The minimum Gasteiger partial charge on any atom is -0.476 e. The fourth-order valence-corrected chi connectivity index (χ4v) is 2.23. The van der Waals surface area contributed by atoms with Gasteiger partial charge in [0.05, 0.1) is 12.1 Å². The van der Waals surface area contributed by atoms with Crippen LogP contribution in [0.3, 0.4) is 0 Å². The van der Waals surface area contributed by atoms with Crippen molar-refractivity contribution in [3.8, 4) is 6.01 Å². The number of rotatable bonds is 6. The summed E-state index contributed by atoms with van der Waals surface area (Å²) in [6, 6.07) is 0.120. The highest BCUT2D eigenvalue weighted by Crippen LogP contribution is 2.12. The van der Waals surface area contributed by atoms with E-state index in [-0.39, 0.29) is 22.9 Å². The molecule has 0 saturated carbocycles. The molecule has 0 unspecified atom stereocenters. The standard InChI is InChI=1S/C10H10ClN5O3S/c1-19-10-15-8(11)14-9(16-10)12-3-2-6-13-5(4-20-6)7(17)18/h4H,2-3H2,1H3,(H,17,18)(H,12,14,15,16). The number of carboxylic acid groups (broad SMARTS) is 1. The van der Waals surface area contributed by atoms with Crippen molar-refractivity contribution in [2.45, 2.75) is 6.42 Å². The van der Waals surface area contributed by atoms with Crippen LogP contribution in [0.15, 0.2) is 5.38 Å². The Hall–Kier alpha value is -2.00. The van der Waals surface area contributed by atoms with Gasteiger partial charge in [-0.05, 0) is 11.6 Å². The van der Waals surface area contributed by atoms with E-state index in [0.717, 1.165) is 0 Å². The molecule has 10 heteroatoms. The van der Waals surface area contributed by atoms with Crippen LogP contribution in [-0.4, -0.2) is 44.7 Å². The Labute approximate surface area is 122 Å². The molecule has 20 heavy (non-hydrogen) atoms. The SMILES string of the molecule is COc1nc(Cl)nc(NCCc2nc(C(=O)O)cs2)n1. The number of carbonyl (C=O) groups is 1. The van der Waals surface area contributed by atoms with Crippen molar-refractivity contribution in [3.05, 3.63) is 21.4 Å². The first-order valence-corrected chi connectivity index (χ1v) is 6.71. The number of aromatic carboxylic acids is 1. The van der Waals surface area contributed by atoms with Gasteiger partial charge in [0.2, 0.25) is 11.2 Å². The van der Waals surface area contributed by atoms with E-state index in [1.54, 1.807) is 0 Å². The lowest BCUT2D eigenvalue weighted by molar-refractivity contribution is 0.0691.